The monoisotopic (exact) mass is 336 g/mol. The predicted octanol–water partition coefficient (Wildman–Crippen LogP) is 3.09. The molecule has 6 nitrogen and oxygen atoms in total. The molecule has 0 saturated carbocycles. The Bertz CT molecular complexity index is 924. The van der Waals surface area contributed by atoms with Gasteiger partial charge in [-0.1, -0.05) is 12.1 Å². The van der Waals surface area contributed by atoms with E-state index in [1.165, 1.54) is 20.0 Å². The Balaban J connectivity index is 1.76. The highest BCUT2D eigenvalue weighted by atomic mass is 16.5. The van der Waals surface area contributed by atoms with Crippen LogP contribution in [0.25, 0.3) is 16.9 Å². The zero-order valence-corrected chi connectivity index (χ0v) is 14.4. The van der Waals surface area contributed by atoms with Crippen LogP contribution in [0.4, 0.5) is 5.82 Å². The lowest BCUT2D eigenvalue weighted by Crippen LogP contribution is -2.21. The number of carbonyl (C=O) groups excluding carboxylic acids is 1. The number of fused-ring (bicyclic) bond motifs is 1. The molecular formula is C19H20N4O2. The molecule has 0 spiro atoms. The number of methoxy groups -OCH3 is 1. The van der Waals surface area contributed by atoms with Gasteiger partial charge in [0.2, 0.25) is 0 Å². The molecule has 1 aliphatic rings. The van der Waals surface area contributed by atoms with Crippen molar-refractivity contribution >= 4 is 17.4 Å². The second-order valence-corrected chi connectivity index (χ2v) is 6.32. The highest BCUT2D eigenvalue weighted by Gasteiger charge is 2.18. The molecule has 25 heavy (non-hydrogen) atoms. The van der Waals surface area contributed by atoms with E-state index in [0.717, 1.165) is 41.5 Å². The first-order valence-electron chi connectivity index (χ1n) is 8.47. The lowest BCUT2D eigenvalue weighted by molar-refractivity contribution is 0.0601. The van der Waals surface area contributed by atoms with Gasteiger partial charge in [-0.3, -0.25) is 0 Å². The third kappa shape index (κ3) is 2.84. The molecule has 2 aromatic heterocycles. The largest absolute Gasteiger partial charge is 0.465 e. The van der Waals surface area contributed by atoms with Gasteiger partial charge in [-0.05, 0) is 31.9 Å². The first-order chi connectivity index (χ1) is 12.2. The van der Waals surface area contributed by atoms with Crippen molar-refractivity contribution in [1.82, 2.24) is 14.6 Å². The summed E-state index contributed by atoms with van der Waals surface area (Å²) in [7, 11) is 1.38. The van der Waals surface area contributed by atoms with Gasteiger partial charge in [0.1, 0.15) is 5.82 Å². The molecular weight excluding hydrogens is 316 g/mol. The number of nitrogens with zero attached hydrogens (tertiary/aromatic N) is 4. The molecule has 1 aromatic carbocycles. The molecule has 128 valence electrons. The predicted molar refractivity (Wildman–Crippen MR) is 95.9 cm³/mol. The Morgan fingerprint density at radius 2 is 1.84 bits per heavy atom. The molecule has 1 saturated heterocycles. The fraction of sp³-hybridized carbons (Fsp3) is 0.316. The van der Waals surface area contributed by atoms with E-state index in [-0.39, 0.29) is 5.97 Å². The number of carbonyl (C=O) groups is 1. The zero-order chi connectivity index (χ0) is 17.4. The Hall–Kier alpha value is -2.89. The Morgan fingerprint density at radius 1 is 1.12 bits per heavy atom. The molecule has 0 atom stereocenters. The van der Waals surface area contributed by atoms with Crippen molar-refractivity contribution in [2.75, 3.05) is 25.1 Å². The normalized spacial score (nSPS) is 14.2. The van der Waals surface area contributed by atoms with Crippen molar-refractivity contribution in [1.29, 1.82) is 0 Å². The van der Waals surface area contributed by atoms with E-state index in [1.807, 2.05) is 29.6 Å². The maximum atomic E-state index is 11.6. The van der Waals surface area contributed by atoms with E-state index in [9.17, 15) is 4.79 Å². The van der Waals surface area contributed by atoms with Crippen LogP contribution in [-0.2, 0) is 4.74 Å². The highest BCUT2D eigenvalue weighted by Crippen LogP contribution is 2.26. The van der Waals surface area contributed by atoms with Gasteiger partial charge in [0, 0.05) is 36.5 Å². The summed E-state index contributed by atoms with van der Waals surface area (Å²) in [6.45, 7) is 4.13. The molecule has 1 fully saturated rings. The SMILES string of the molecule is COC(=O)c1ccc(-c2cc3nc(C)cc(N4CCCC4)n3n2)cc1. The number of benzene rings is 1. The van der Waals surface area contributed by atoms with Gasteiger partial charge in [-0.2, -0.15) is 9.61 Å². The van der Waals surface area contributed by atoms with Crippen molar-refractivity contribution in [2.24, 2.45) is 0 Å². The van der Waals surface area contributed by atoms with Crippen LogP contribution in [0.1, 0.15) is 28.9 Å². The maximum absolute atomic E-state index is 11.6. The quantitative estimate of drug-likeness (QED) is 0.688. The number of hydrogen-bond donors (Lipinski definition) is 0. The number of aromatic nitrogens is 3. The van der Waals surface area contributed by atoms with Crippen molar-refractivity contribution in [3.63, 3.8) is 0 Å². The molecule has 0 radical (unpaired) electrons. The van der Waals surface area contributed by atoms with Crippen LogP contribution in [0.3, 0.4) is 0 Å². The number of rotatable bonds is 3. The third-order valence-corrected chi connectivity index (χ3v) is 4.57. The van der Waals surface area contributed by atoms with Gasteiger partial charge in [0.15, 0.2) is 5.65 Å². The summed E-state index contributed by atoms with van der Waals surface area (Å²) in [5.74, 6) is 0.757. The van der Waals surface area contributed by atoms with Gasteiger partial charge >= 0.3 is 5.97 Å². The number of anilines is 1. The Labute approximate surface area is 146 Å². The summed E-state index contributed by atoms with van der Waals surface area (Å²) in [4.78, 5) is 18.5. The summed E-state index contributed by atoms with van der Waals surface area (Å²) < 4.78 is 6.66. The van der Waals surface area contributed by atoms with E-state index >= 15 is 0 Å². The first-order valence-corrected chi connectivity index (χ1v) is 8.47. The summed E-state index contributed by atoms with van der Waals surface area (Å²) in [5.41, 5.74) is 4.15. The molecule has 0 aliphatic carbocycles. The van der Waals surface area contributed by atoms with Crippen LogP contribution in [0, 0.1) is 6.92 Å². The highest BCUT2D eigenvalue weighted by molar-refractivity contribution is 5.89. The fourth-order valence-corrected chi connectivity index (χ4v) is 3.29. The summed E-state index contributed by atoms with van der Waals surface area (Å²) in [6, 6.07) is 11.4. The Kier molecular flexibility index (Phi) is 3.87. The van der Waals surface area contributed by atoms with Crippen molar-refractivity contribution in [2.45, 2.75) is 19.8 Å². The molecule has 3 heterocycles. The Morgan fingerprint density at radius 3 is 2.52 bits per heavy atom. The van der Waals surface area contributed by atoms with Crippen LogP contribution < -0.4 is 4.90 Å². The third-order valence-electron chi connectivity index (χ3n) is 4.57. The molecule has 4 rings (SSSR count). The minimum Gasteiger partial charge on any atom is -0.465 e. The molecule has 3 aromatic rings. The van der Waals surface area contributed by atoms with E-state index in [4.69, 9.17) is 9.84 Å². The summed E-state index contributed by atoms with van der Waals surface area (Å²) in [5, 5.41) is 4.76. The second kappa shape index (κ2) is 6.20. The summed E-state index contributed by atoms with van der Waals surface area (Å²) in [6.07, 6.45) is 2.43. The minimum absolute atomic E-state index is 0.338. The van der Waals surface area contributed by atoms with Crippen LogP contribution >= 0.6 is 0 Å². The van der Waals surface area contributed by atoms with E-state index in [1.54, 1.807) is 12.1 Å². The van der Waals surface area contributed by atoms with Crippen molar-refractivity contribution in [3.05, 3.63) is 47.7 Å². The first kappa shape index (κ1) is 15.6. The molecule has 0 unspecified atom stereocenters. The molecule has 1 aliphatic heterocycles. The second-order valence-electron chi connectivity index (χ2n) is 6.32. The lowest BCUT2D eigenvalue weighted by Gasteiger charge is -2.18. The molecule has 6 heteroatoms. The van der Waals surface area contributed by atoms with Gasteiger partial charge in [0.05, 0.1) is 18.4 Å². The van der Waals surface area contributed by atoms with Gasteiger partial charge in [0.25, 0.3) is 0 Å². The smallest absolute Gasteiger partial charge is 0.337 e. The van der Waals surface area contributed by atoms with Crippen LogP contribution in [0.15, 0.2) is 36.4 Å². The fourth-order valence-electron chi connectivity index (χ4n) is 3.29. The average molecular weight is 336 g/mol. The van der Waals surface area contributed by atoms with Gasteiger partial charge in [-0.15, -0.1) is 0 Å². The standard InChI is InChI=1S/C19H20N4O2/c1-13-11-18(22-9-3-4-10-22)23-17(20-13)12-16(21-23)14-5-7-15(8-6-14)19(24)25-2/h5-8,11-12H,3-4,9-10H2,1-2H3. The zero-order valence-electron chi connectivity index (χ0n) is 14.4. The maximum Gasteiger partial charge on any atom is 0.337 e. The van der Waals surface area contributed by atoms with Crippen molar-refractivity contribution < 1.29 is 9.53 Å². The van der Waals surface area contributed by atoms with Crippen molar-refractivity contribution in [3.8, 4) is 11.3 Å². The van der Waals surface area contributed by atoms with Crippen LogP contribution in [0.5, 0.6) is 0 Å². The number of esters is 1. The molecule has 0 N–H and O–H groups in total. The summed E-state index contributed by atoms with van der Waals surface area (Å²) >= 11 is 0. The molecule has 0 amide bonds. The van der Waals surface area contributed by atoms with Crippen LogP contribution in [-0.4, -0.2) is 40.8 Å². The topological polar surface area (TPSA) is 59.7 Å². The number of aryl methyl sites for hydroxylation is 1. The van der Waals surface area contributed by atoms with E-state index < -0.39 is 0 Å². The molecule has 0 bridgehead atoms. The average Bonchev–Trinajstić information content (AvgIpc) is 3.30. The minimum atomic E-state index is -0.338. The van der Waals surface area contributed by atoms with Gasteiger partial charge in [-0.25, -0.2) is 9.78 Å². The van der Waals surface area contributed by atoms with E-state index in [2.05, 4.69) is 16.0 Å². The number of hydrogen-bond acceptors (Lipinski definition) is 5. The van der Waals surface area contributed by atoms with Gasteiger partial charge < -0.3 is 9.64 Å². The number of ether oxygens (including phenoxy) is 1. The van der Waals surface area contributed by atoms with Crippen LogP contribution in [0.2, 0.25) is 0 Å². The lowest BCUT2D eigenvalue weighted by atomic mass is 10.1. The van der Waals surface area contributed by atoms with E-state index in [0.29, 0.717) is 5.56 Å².